The molecule has 2 nitrogen and oxygen atoms in total. The van der Waals surface area contributed by atoms with Crippen molar-refractivity contribution in [2.45, 2.75) is 19.1 Å². The molecule has 56 valence electrons. The number of thioether (sulfide) groups is 1. The van der Waals surface area contributed by atoms with Crippen LogP contribution in [0.4, 0.5) is 0 Å². The molecule has 1 unspecified atom stereocenters. The second kappa shape index (κ2) is 3.10. The predicted octanol–water partition coefficient (Wildman–Crippen LogP) is 2.41. The highest BCUT2D eigenvalue weighted by Gasteiger charge is 2.08. The summed E-state index contributed by atoms with van der Waals surface area (Å²) in [6.07, 6.45) is 3.73. The van der Waals surface area contributed by atoms with Gasteiger partial charge in [-0.25, -0.2) is 4.98 Å². The monoisotopic (exact) mass is 157 g/mol. The zero-order valence-electron chi connectivity index (χ0n) is 6.42. The standard InChI is InChI=1S/C7H11NOS/c1-5-4-9-7(8-5)6(2)10-3/h4,6H,1-3H3. The van der Waals surface area contributed by atoms with E-state index < -0.39 is 0 Å². The lowest BCUT2D eigenvalue weighted by Crippen LogP contribution is -1.86. The van der Waals surface area contributed by atoms with Gasteiger partial charge in [-0.2, -0.15) is 11.8 Å². The van der Waals surface area contributed by atoms with Gasteiger partial charge in [-0.05, 0) is 20.1 Å². The quantitative estimate of drug-likeness (QED) is 0.659. The Morgan fingerprint density at radius 1 is 1.70 bits per heavy atom. The summed E-state index contributed by atoms with van der Waals surface area (Å²) in [6, 6.07) is 0. The zero-order chi connectivity index (χ0) is 7.56. The van der Waals surface area contributed by atoms with Crippen LogP contribution in [0.3, 0.4) is 0 Å². The van der Waals surface area contributed by atoms with E-state index in [1.807, 2.05) is 13.2 Å². The van der Waals surface area contributed by atoms with Crippen molar-refractivity contribution in [3.8, 4) is 0 Å². The molecule has 0 aliphatic heterocycles. The largest absolute Gasteiger partial charge is 0.448 e. The highest BCUT2D eigenvalue weighted by Crippen LogP contribution is 2.24. The Hall–Kier alpha value is -0.440. The molecule has 0 saturated carbocycles. The molecule has 0 bridgehead atoms. The molecule has 0 amide bonds. The summed E-state index contributed by atoms with van der Waals surface area (Å²) in [4.78, 5) is 4.19. The molecule has 10 heavy (non-hydrogen) atoms. The molecule has 1 heterocycles. The first-order valence-electron chi connectivity index (χ1n) is 3.19. The minimum Gasteiger partial charge on any atom is -0.448 e. The second-order valence-electron chi connectivity index (χ2n) is 2.21. The number of rotatable bonds is 2. The zero-order valence-corrected chi connectivity index (χ0v) is 7.23. The first-order valence-corrected chi connectivity index (χ1v) is 4.47. The number of aromatic nitrogens is 1. The molecular formula is C7H11NOS. The third-order valence-corrected chi connectivity index (χ3v) is 2.25. The van der Waals surface area contributed by atoms with Crippen molar-refractivity contribution >= 4 is 11.8 Å². The Labute approximate surface area is 65.0 Å². The maximum absolute atomic E-state index is 5.18. The van der Waals surface area contributed by atoms with Crippen molar-refractivity contribution in [3.63, 3.8) is 0 Å². The molecule has 1 rings (SSSR count). The second-order valence-corrected chi connectivity index (χ2v) is 3.38. The normalized spacial score (nSPS) is 13.5. The number of aryl methyl sites for hydroxylation is 1. The van der Waals surface area contributed by atoms with Crippen molar-refractivity contribution in [1.29, 1.82) is 0 Å². The summed E-state index contributed by atoms with van der Waals surface area (Å²) >= 11 is 1.73. The van der Waals surface area contributed by atoms with Crippen LogP contribution in [0, 0.1) is 6.92 Å². The Balaban J connectivity index is 2.74. The van der Waals surface area contributed by atoms with Crippen LogP contribution in [0.2, 0.25) is 0 Å². The van der Waals surface area contributed by atoms with Gasteiger partial charge in [-0.3, -0.25) is 0 Å². The van der Waals surface area contributed by atoms with Crippen LogP contribution in [0.25, 0.3) is 0 Å². The predicted molar refractivity (Wildman–Crippen MR) is 43.2 cm³/mol. The van der Waals surface area contributed by atoms with Crippen LogP contribution in [0.15, 0.2) is 10.7 Å². The summed E-state index contributed by atoms with van der Waals surface area (Å²) in [5.74, 6) is 0.824. The molecule has 1 aromatic heterocycles. The van der Waals surface area contributed by atoms with Crippen molar-refractivity contribution in [2.75, 3.05) is 6.26 Å². The molecule has 0 radical (unpaired) electrons. The Morgan fingerprint density at radius 2 is 2.40 bits per heavy atom. The molecule has 1 aromatic rings. The Bertz CT molecular complexity index is 209. The van der Waals surface area contributed by atoms with Gasteiger partial charge < -0.3 is 4.42 Å². The van der Waals surface area contributed by atoms with Crippen molar-refractivity contribution < 1.29 is 4.42 Å². The number of oxazole rings is 1. The van der Waals surface area contributed by atoms with Crippen LogP contribution in [0.1, 0.15) is 23.8 Å². The van der Waals surface area contributed by atoms with E-state index >= 15 is 0 Å². The summed E-state index contributed by atoms with van der Waals surface area (Å²) in [7, 11) is 0. The first kappa shape index (κ1) is 7.66. The van der Waals surface area contributed by atoms with Crippen molar-refractivity contribution in [3.05, 3.63) is 17.8 Å². The lowest BCUT2D eigenvalue weighted by atomic mass is 10.5. The summed E-state index contributed by atoms with van der Waals surface area (Å²) < 4.78 is 5.18. The molecule has 0 saturated heterocycles. The topological polar surface area (TPSA) is 26.0 Å². The first-order chi connectivity index (χ1) is 4.74. The lowest BCUT2D eigenvalue weighted by molar-refractivity contribution is 0.498. The highest BCUT2D eigenvalue weighted by molar-refractivity contribution is 7.98. The average molecular weight is 157 g/mol. The van der Waals surface area contributed by atoms with Gasteiger partial charge >= 0.3 is 0 Å². The van der Waals surface area contributed by atoms with E-state index in [2.05, 4.69) is 11.9 Å². The number of hydrogen-bond acceptors (Lipinski definition) is 3. The number of hydrogen-bond donors (Lipinski definition) is 0. The fourth-order valence-electron chi connectivity index (χ4n) is 0.660. The van der Waals surface area contributed by atoms with Gasteiger partial charge in [0, 0.05) is 0 Å². The minimum atomic E-state index is 0.369. The molecule has 3 heteroatoms. The molecule has 0 spiro atoms. The van der Waals surface area contributed by atoms with E-state index in [1.54, 1.807) is 18.0 Å². The fourth-order valence-corrected chi connectivity index (χ4v) is 0.970. The molecule has 0 aromatic carbocycles. The van der Waals surface area contributed by atoms with E-state index in [4.69, 9.17) is 4.42 Å². The van der Waals surface area contributed by atoms with Crippen LogP contribution in [-0.2, 0) is 0 Å². The third kappa shape index (κ3) is 1.53. The summed E-state index contributed by atoms with van der Waals surface area (Å²) in [5.41, 5.74) is 0.955. The van der Waals surface area contributed by atoms with Crippen LogP contribution in [-0.4, -0.2) is 11.2 Å². The van der Waals surface area contributed by atoms with E-state index in [9.17, 15) is 0 Å². The molecule has 0 fully saturated rings. The van der Waals surface area contributed by atoms with Crippen LogP contribution >= 0.6 is 11.8 Å². The Morgan fingerprint density at radius 3 is 2.80 bits per heavy atom. The smallest absolute Gasteiger partial charge is 0.207 e. The Kier molecular flexibility index (Phi) is 2.38. The third-order valence-electron chi connectivity index (χ3n) is 1.34. The van der Waals surface area contributed by atoms with Crippen LogP contribution in [0.5, 0.6) is 0 Å². The van der Waals surface area contributed by atoms with Gasteiger partial charge in [0.1, 0.15) is 6.26 Å². The minimum absolute atomic E-state index is 0.369. The maximum atomic E-state index is 5.18. The van der Waals surface area contributed by atoms with Gasteiger partial charge in [0.25, 0.3) is 0 Å². The molecule has 0 aliphatic carbocycles. The van der Waals surface area contributed by atoms with E-state index in [1.165, 1.54) is 0 Å². The van der Waals surface area contributed by atoms with Gasteiger partial charge in [0.05, 0.1) is 10.9 Å². The van der Waals surface area contributed by atoms with Gasteiger partial charge in [0.15, 0.2) is 0 Å². The van der Waals surface area contributed by atoms with Gasteiger partial charge in [0.2, 0.25) is 5.89 Å². The van der Waals surface area contributed by atoms with Crippen molar-refractivity contribution in [2.24, 2.45) is 0 Å². The lowest BCUT2D eigenvalue weighted by Gasteiger charge is -1.99. The van der Waals surface area contributed by atoms with E-state index in [-0.39, 0.29) is 0 Å². The van der Waals surface area contributed by atoms with Crippen molar-refractivity contribution in [1.82, 2.24) is 4.98 Å². The van der Waals surface area contributed by atoms with Gasteiger partial charge in [-0.15, -0.1) is 0 Å². The SMILES string of the molecule is CSC(C)c1nc(C)co1. The molecule has 1 atom stereocenters. The molecular weight excluding hydrogens is 146 g/mol. The van der Waals surface area contributed by atoms with E-state index in [0.29, 0.717) is 5.25 Å². The highest BCUT2D eigenvalue weighted by atomic mass is 32.2. The summed E-state index contributed by atoms with van der Waals surface area (Å²) in [6.45, 7) is 4.01. The van der Waals surface area contributed by atoms with Gasteiger partial charge in [-0.1, -0.05) is 0 Å². The molecule has 0 N–H and O–H groups in total. The maximum Gasteiger partial charge on any atom is 0.207 e. The van der Waals surface area contributed by atoms with E-state index in [0.717, 1.165) is 11.6 Å². The van der Waals surface area contributed by atoms with Crippen LogP contribution < -0.4 is 0 Å². The fraction of sp³-hybridized carbons (Fsp3) is 0.571. The number of nitrogens with zero attached hydrogens (tertiary/aromatic N) is 1. The summed E-state index contributed by atoms with van der Waals surface area (Å²) in [5, 5.41) is 0.369. The average Bonchev–Trinajstić information content (AvgIpc) is 2.34. The molecule has 0 aliphatic rings.